The number of fused-ring (bicyclic) bond motifs is 5. The maximum Gasteiger partial charge on any atom is 0.302 e. The molecule has 24 atom stereocenters. The van der Waals surface area contributed by atoms with Gasteiger partial charge in [0.25, 0.3) is 0 Å². The van der Waals surface area contributed by atoms with E-state index in [1.165, 1.54) is 13.8 Å². The Morgan fingerprint density at radius 2 is 1.09 bits per heavy atom. The SMILES string of the molecule is CO[C@H]1C[C@@H](O[C@H]2[C@H](C)O[C@H](O[C@H]3[C@@H](C)O[C@H](O[C@H]4[C@@H](OC)C[C@H](O[C@@H]5CC[C@]6(C)C(=CC[C@@]7(O)[C@H]6C[C@H](OC(C)=O)[C@]6(C)[C@@]7(O)CC[C@]6(O)C(C)=O)C5)O[C@@H]4C)C[C@H]3OC)C[C@H]2OC)O[C@H](C)[C@H]1O. The van der Waals surface area contributed by atoms with E-state index < -0.39 is 138 Å². The van der Waals surface area contributed by atoms with E-state index in [0.717, 1.165) is 5.57 Å². The van der Waals surface area contributed by atoms with Gasteiger partial charge in [-0.3, -0.25) is 9.59 Å². The molecule has 0 amide bonds. The number of carbonyl (C=O) groups excluding carboxylic acids is 2. The van der Waals surface area contributed by atoms with Gasteiger partial charge in [0.15, 0.2) is 30.9 Å². The average Bonchev–Trinajstić information content (AvgIpc) is 3.54. The Morgan fingerprint density at radius 3 is 1.54 bits per heavy atom. The number of methoxy groups -OCH3 is 4. The van der Waals surface area contributed by atoms with E-state index in [0.29, 0.717) is 44.9 Å². The van der Waals surface area contributed by atoms with Gasteiger partial charge in [-0.25, -0.2) is 0 Å². The van der Waals surface area contributed by atoms with Gasteiger partial charge in [-0.1, -0.05) is 18.6 Å². The average molecular weight is 999 g/mol. The molecule has 4 N–H and O–H groups in total. The zero-order valence-electron chi connectivity index (χ0n) is 43.2. The lowest BCUT2D eigenvalue weighted by Crippen LogP contribution is -2.78. The fourth-order valence-electron chi connectivity index (χ4n) is 14.3. The summed E-state index contributed by atoms with van der Waals surface area (Å²) in [6, 6.07) is 0. The summed E-state index contributed by atoms with van der Waals surface area (Å²) in [6.07, 6.45) is -3.66. The third-order valence-corrected chi connectivity index (χ3v) is 18.4. The van der Waals surface area contributed by atoms with Crippen molar-refractivity contribution in [3.63, 3.8) is 0 Å². The minimum atomic E-state index is -1.98. The van der Waals surface area contributed by atoms with E-state index in [2.05, 4.69) is 6.92 Å². The van der Waals surface area contributed by atoms with Gasteiger partial charge in [0.2, 0.25) is 0 Å². The molecule has 4 saturated heterocycles. The standard InChI is InChI=1S/C51H82O19/c1-25-43(54)33(58-9)20-40(62-25)68-45-27(3)64-42(22-35(45)60-11)70-46-28(4)65-41(23-36(46)61-12)69-44-26(2)63-39(21-34(44)59-10)67-32-14-15-47(7)31(19-32)13-16-50(56)37(47)24-38(66-30(6)53)48(8)49(55,29(5)52)17-18-51(48,50)57/h13,25-28,32-46,54-57H,14-24H2,1-12H3/t25-,26-,27+,28-,32-,33+,34+,35-,36-,37+,38+,39+,40-,41-,42-,43-,44-,45+,46+,47-,48+,49+,50-,51+/m1/s1. The highest BCUT2D eigenvalue weighted by atomic mass is 16.8. The predicted molar refractivity (Wildman–Crippen MR) is 246 cm³/mol. The largest absolute Gasteiger partial charge is 0.462 e. The molecule has 0 aromatic rings. The summed E-state index contributed by atoms with van der Waals surface area (Å²) in [6.45, 7) is 13.8. The molecule has 0 bridgehead atoms. The first-order chi connectivity index (χ1) is 33.0. The van der Waals surface area contributed by atoms with Crippen molar-refractivity contribution < 1.29 is 91.6 Å². The van der Waals surface area contributed by atoms with Crippen molar-refractivity contribution in [1.82, 2.24) is 0 Å². The molecule has 19 nitrogen and oxygen atoms in total. The van der Waals surface area contributed by atoms with Gasteiger partial charge < -0.3 is 82.0 Å². The molecule has 4 aliphatic carbocycles. The van der Waals surface area contributed by atoms with Crippen LogP contribution in [0.1, 0.15) is 126 Å². The molecule has 7 fully saturated rings. The Morgan fingerprint density at radius 1 is 0.629 bits per heavy atom. The zero-order chi connectivity index (χ0) is 50.9. The van der Waals surface area contributed by atoms with Crippen LogP contribution in [0.5, 0.6) is 0 Å². The summed E-state index contributed by atoms with van der Waals surface area (Å²) in [5.74, 6) is -1.64. The summed E-state index contributed by atoms with van der Waals surface area (Å²) in [5.41, 5.74) is -6.71. The van der Waals surface area contributed by atoms with Gasteiger partial charge in [-0.05, 0) is 91.9 Å². The number of hydrogen-bond donors (Lipinski definition) is 4. The quantitative estimate of drug-likeness (QED) is 0.144. The van der Waals surface area contributed by atoms with Crippen LogP contribution in [-0.4, -0.2) is 188 Å². The van der Waals surface area contributed by atoms with Gasteiger partial charge in [0.1, 0.15) is 47.3 Å². The number of aliphatic hydroxyl groups is 4. The molecule has 0 aromatic heterocycles. The number of esters is 1. The van der Waals surface area contributed by atoms with Gasteiger partial charge in [-0.15, -0.1) is 0 Å². The fourth-order valence-corrected chi connectivity index (χ4v) is 14.3. The van der Waals surface area contributed by atoms with Crippen LogP contribution in [-0.2, 0) is 71.2 Å². The second-order valence-electron chi connectivity index (χ2n) is 22.1. The number of carbonyl (C=O) groups is 2. The fraction of sp³-hybridized carbons (Fsp3) is 0.922. The molecule has 4 heterocycles. The summed E-state index contributed by atoms with van der Waals surface area (Å²) < 4.78 is 81.0. The molecular formula is C51H82O19. The number of aliphatic hydroxyl groups excluding tert-OH is 1. The van der Waals surface area contributed by atoms with Crippen LogP contribution < -0.4 is 0 Å². The molecule has 0 radical (unpaired) electrons. The molecule has 3 saturated carbocycles. The molecule has 0 spiro atoms. The van der Waals surface area contributed by atoms with E-state index in [1.54, 1.807) is 42.3 Å². The third-order valence-electron chi connectivity index (χ3n) is 18.4. The van der Waals surface area contributed by atoms with Crippen LogP contribution in [0.25, 0.3) is 0 Å². The Hall–Kier alpha value is -1.76. The Bertz CT molecular complexity index is 1890. The van der Waals surface area contributed by atoms with Gasteiger partial charge in [0.05, 0.1) is 60.4 Å². The first-order valence-electron chi connectivity index (χ1n) is 25.6. The van der Waals surface area contributed by atoms with Crippen molar-refractivity contribution in [3.05, 3.63) is 11.6 Å². The van der Waals surface area contributed by atoms with Gasteiger partial charge in [-0.2, -0.15) is 0 Å². The zero-order valence-corrected chi connectivity index (χ0v) is 43.2. The summed E-state index contributed by atoms with van der Waals surface area (Å²) in [7, 11) is 6.48. The molecule has 8 aliphatic rings. The molecular weight excluding hydrogens is 917 g/mol. The molecule has 4 aliphatic heterocycles. The second-order valence-corrected chi connectivity index (χ2v) is 22.1. The van der Waals surface area contributed by atoms with Crippen molar-refractivity contribution in [2.75, 3.05) is 28.4 Å². The Labute approximate surface area is 412 Å². The molecule has 0 unspecified atom stereocenters. The van der Waals surface area contributed by atoms with Gasteiger partial charge in [0, 0.05) is 67.0 Å². The number of ether oxygens (including phenoxy) is 13. The van der Waals surface area contributed by atoms with Crippen molar-refractivity contribution in [2.45, 2.75) is 253 Å². The number of rotatable bonds is 14. The van der Waals surface area contributed by atoms with Crippen molar-refractivity contribution in [3.8, 4) is 0 Å². The topological polar surface area (TPSA) is 235 Å². The van der Waals surface area contributed by atoms with E-state index in [-0.39, 0.29) is 44.0 Å². The van der Waals surface area contributed by atoms with Crippen LogP contribution in [0.2, 0.25) is 0 Å². The number of ketones is 1. The lowest BCUT2D eigenvalue weighted by atomic mass is 9.42. The monoisotopic (exact) mass is 999 g/mol. The van der Waals surface area contributed by atoms with E-state index in [9.17, 15) is 30.0 Å². The van der Waals surface area contributed by atoms with Crippen LogP contribution in [0.3, 0.4) is 0 Å². The lowest BCUT2D eigenvalue weighted by Gasteiger charge is -2.67. The predicted octanol–water partition coefficient (Wildman–Crippen LogP) is 3.54. The normalized spacial score (nSPS) is 51.7. The lowest BCUT2D eigenvalue weighted by molar-refractivity contribution is -0.347. The van der Waals surface area contributed by atoms with E-state index in [1.807, 2.05) is 26.8 Å². The molecule has 400 valence electrons. The molecule has 0 aromatic carbocycles. The summed E-state index contributed by atoms with van der Waals surface area (Å²) >= 11 is 0. The third kappa shape index (κ3) is 9.29. The first-order valence-corrected chi connectivity index (χ1v) is 25.6. The number of Topliss-reactive ketones (excluding diaryl/α,β-unsaturated/α-hetero) is 1. The molecule has 8 rings (SSSR count). The van der Waals surface area contributed by atoms with Crippen LogP contribution in [0.15, 0.2) is 11.6 Å². The molecule has 70 heavy (non-hydrogen) atoms. The maximum atomic E-state index is 13.1. The van der Waals surface area contributed by atoms with E-state index >= 15 is 0 Å². The maximum absolute atomic E-state index is 13.1. The summed E-state index contributed by atoms with van der Waals surface area (Å²) in [4.78, 5) is 25.6. The highest BCUT2D eigenvalue weighted by Crippen LogP contribution is 2.71. The van der Waals surface area contributed by atoms with Crippen molar-refractivity contribution in [1.29, 1.82) is 0 Å². The smallest absolute Gasteiger partial charge is 0.302 e. The highest BCUT2D eigenvalue weighted by Gasteiger charge is 2.81. The van der Waals surface area contributed by atoms with Crippen LogP contribution in [0, 0.1) is 16.7 Å². The van der Waals surface area contributed by atoms with E-state index in [4.69, 9.17) is 61.6 Å². The number of hydrogen-bond acceptors (Lipinski definition) is 19. The first kappa shape index (κ1) is 54.5. The Kier molecular flexibility index (Phi) is 16.2. The summed E-state index contributed by atoms with van der Waals surface area (Å²) in [5, 5.41) is 47.7. The minimum absolute atomic E-state index is 0.0177. The highest BCUT2D eigenvalue weighted by molar-refractivity contribution is 5.87. The van der Waals surface area contributed by atoms with Crippen LogP contribution in [0.4, 0.5) is 0 Å². The van der Waals surface area contributed by atoms with Crippen molar-refractivity contribution >= 4 is 11.8 Å². The Balaban J connectivity index is 0.862. The second kappa shape index (κ2) is 20.8. The molecule has 19 heteroatoms. The minimum Gasteiger partial charge on any atom is -0.462 e. The van der Waals surface area contributed by atoms with Crippen molar-refractivity contribution in [2.24, 2.45) is 16.7 Å². The van der Waals surface area contributed by atoms with Crippen LogP contribution >= 0.6 is 0 Å². The van der Waals surface area contributed by atoms with Gasteiger partial charge >= 0.3 is 5.97 Å².